The number of H-pyrrole nitrogens is 1. The quantitative estimate of drug-likeness (QED) is 0.622. The zero-order valence-electron chi connectivity index (χ0n) is 14.9. The van der Waals surface area contributed by atoms with Gasteiger partial charge in [0.15, 0.2) is 0 Å². The molecule has 0 unspecified atom stereocenters. The Balaban J connectivity index is 1.69. The molecule has 3 aromatic rings. The van der Waals surface area contributed by atoms with Crippen LogP contribution in [-0.4, -0.2) is 28.7 Å². The highest BCUT2D eigenvalue weighted by atomic mass is 16.5. The minimum Gasteiger partial charge on any atom is -0.457 e. The van der Waals surface area contributed by atoms with Crippen LogP contribution in [0, 0.1) is 0 Å². The highest BCUT2D eigenvalue weighted by Gasteiger charge is 2.10. The molecule has 0 amide bonds. The van der Waals surface area contributed by atoms with Gasteiger partial charge in [-0.05, 0) is 49.8 Å². The second-order valence-electron chi connectivity index (χ2n) is 6.29. The Morgan fingerprint density at radius 3 is 2.44 bits per heavy atom. The van der Waals surface area contributed by atoms with E-state index in [0.29, 0.717) is 0 Å². The van der Waals surface area contributed by atoms with Crippen molar-refractivity contribution in [2.45, 2.75) is 26.3 Å². The molecule has 25 heavy (non-hydrogen) atoms. The van der Waals surface area contributed by atoms with E-state index in [1.165, 1.54) is 12.8 Å². The largest absolute Gasteiger partial charge is 0.457 e. The summed E-state index contributed by atoms with van der Waals surface area (Å²) in [6.07, 6.45) is 4.32. The third-order valence-electron chi connectivity index (χ3n) is 4.18. The van der Waals surface area contributed by atoms with Crippen molar-refractivity contribution in [2.75, 3.05) is 13.6 Å². The predicted molar refractivity (Wildman–Crippen MR) is 102 cm³/mol. The molecule has 1 heterocycles. The van der Waals surface area contributed by atoms with Crippen molar-refractivity contribution in [1.82, 2.24) is 15.1 Å². The molecule has 4 heteroatoms. The summed E-state index contributed by atoms with van der Waals surface area (Å²) < 4.78 is 5.86. The number of hydrogen-bond acceptors (Lipinski definition) is 3. The van der Waals surface area contributed by atoms with Crippen LogP contribution < -0.4 is 4.74 Å². The Labute approximate surface area is 149 Å². The number of hydrogen-bond donors (Lipinski definition) is 1. The van der Waals surface area contributed by atoms with E-state index >= 15 is 0 Å². The van der Waals surface area contributed by atoms with Gasteiger partial charge in [-0.2, -0.15) is 5.10 Å². The van der Waals surface area contributed by atoms with Crippen LogP contribution >= 0.6 is 0 Å². The van der Waals surface area contributed by atoms with E-state index < -0.39 is 0 Å². The highest BCUT2D eigenvalue weighted by Crippen LogP contribution is 2.27. The van der Waals surface area contributed by atoms with Crippen molar-refractivity contribution in [3.8, 4) is 22.6 Å². The predicted octanol–water partition coefficient (Wildman–Crippen LogP) is 5.10. The lowest BCUT2D eigenvalue weighted by Crippen LogP contribution is -2.19. The van der Waals surface area contributed by atoms with Gasteiger partial charge in [-0.1, -0.05) is 43.7 Å². The average Bonchev–Trinajstić information content (AvgIpc) is 3.09. The molecule has 0 bridgehead atoms. The third-order valence-corrected chi connectivity index (χ3v) is 4.18. The molecule has 0 aliphatic heterocycles. The summed E-state index contributed by atoms with van der Waals surface area (Å²) >= 11 is 0. The Morgan fingerprint density at radius 2 is 1.72 bits per heavy atom. The number of nitrogens with one attached hydrogen (secondary N) is 1. The number of benzene rings is 2. The van der Waals surface area contributed by atoms with E-state index in [1.807, 2.05) is 48.7 Å². The number of rotatable bonds is 8. The van der Waals surface area contributed by atoms with E-state index in [4.69, 9.17) is 4.74 Å². The summed E-state index contributed by atoms with van der Waals surface area (Å²) in [7, 11) is 2.15. The first-order valence-electron chi connectivity index (χ1n) is 8.80. The molecule has 1 N–H and O–H groups in total. The molecule has 0 radical (unpaired) electrons. The summed E-state index contributed by atoms with van der Waals surface area (Å²) in [6, 6.07) is 18.0. The molecule has 2 aromatic carbocycles. The number of nitrogens with zero attached hydrogens (tertiary/aromatic N) is 2. The van der Waals surface area contributed by atoms with E-state index in [9.17, 15) is 0 Å². The first-order valence-corrected chi connectivity index (χ1v) is 8.80. The summed E-state index contributed by atoms with van der Waals surface area (Å²) in [4.78, 5) is 2.33. The lowest BCUT2D eigenvalue weighted by atomic mass is 10.1. The fourth-order valence-corrected chi connectivity index (χ4v) is 2.79. The third kappa shape index (κ3) is 4.70. The lowest BCUT2D eigenvalue weighted by molar-refractivity contribution is 0.317. The number of para-hydroxylation sites is 1. The highest BCUT2D eigenvalue weighted by molar-refractivity contribution is 5.66. The minimum atomic E-state index is 0.833. The fraction of sp³-hybridized carbons (Fsp3) is 0.286. The lowest BCUT2D eigenvalue weighted by Gasteiger charge is -2.16. The van der Waals surface area contributed by atoms with Gasteiger partial charge in [-0.3, -0.25) is 5.10 Å². The summed E-state index contributed by atoms with van der Waals surface area (Å²) in [5.74, 6) is 1.68. The molecule has 4 nitrogen and oxygen atoms in total. The van der Waals surface area contributed by atoms with Gasteiger partial charge in [0, 0.05) is 12.1 Å². The molecule has 0 atom stereocenters. The van der Waals surface area contributed by atoms with Crippen LogP contribution in [0.2, 0.25) is 0 Å². The van der Waals surface area contributed by atoms with Crippen molar-refractivity contribution >= 4 is 0 Å². The van der Waals surface area contributed by atoms with Gasteiger partial charge in [0.2, 0.25) is 0 Å². The molecular weight excluding hydrogens is 310 g/mol. The van der Waals surface area contributed by atoms with Crippen LogP contribution in [0.4, 0.5) is 0 Å². The zero-order chi connectivity index (χ0) is 17.5. The second-order valence-corrected chi connectivity index (χ2v) is 6.29. The molecule has 0 saturated heterocycles. The summed E-state index contributed by atoms with van der Waals surface area (Å²) in [5.41, 5.74) is 3.44. The minimum absolute atomic E-state index is 0.833. The number of aromatic amines is 1. The zero-order valence-corrected chi connectivity index (χ0v) is 14.9. The fourth-order valence-electron chi connectivity index (χ4n) is 2.79. The van der Waals surface area contributed by atoms with E-state index in [-0.39, 0.29) is 0 Å². The molecule has 0 fully saturated rings. The van der Waals surface area contributed by atoms with Crippen LogP contribution in [-0.2, 0) is 6.54 Å². The van der Waals surface area contributed by atoms with Gasteiger partial charge >= 0.3 is 0 Å². The van der Waals surface area contributed by atoms with Crippen LogP contribution in [0.15, 0.2) is 60.8 Å². The first kappa shape index (κ1) is 17.2. The monoisotopic (exact) mass is 335 g/mol. The standard InChI is InChI=1S/C21H25N3O/c1-3-4-14-24(2)16-21-20(15-22-23-21)17-10-12-19(13-11-17)25-18-8-6-5-7-9-18/h5-13,15H,3-4,14,16H2,1-2H3,(H,22,23). The van der Waals surface area contributed by atoms with Crippen molar-refractivity contribution < 1.29 is 4.74 Å². The maximum Gasteiger partial charge on any atom is 0.127 e. The summed E-state index contributed by atoms with van der Waals surface area (Å²) in [5, 5.41) is 7.38. The molecule has 0 spiro atoms. The van der Waals surface area contributed by atoms with Crippen LogP contribution in [0.1, 0.15) is 25.5 Å². The smallest absolute Gasteiger partial charge is 0.127 e. The van der Waals surface area contributed by atoms with Crippen LogP contribution in [0.25, 0.3) is 11.1 Å². The van der Waals surface area contributed by atoms with E-state index in [2.05, 4.69) is 41.2 Å². The van der Waals surface area contributed by atoms with Crippen LogP contribution in [0.5, 0.6) is 11.5 Å². The van der Waals surface area contributed by atoms with Gasteiger partial charge in [0.1, 0.15) is 11.5 Å². The van der Waals surface area contributed by atoms with Gasteiger partial charge in [0.05, 0.1) is 11.9 Å². The molecule has 1 aromatic heterocycles. The molecule has 130 valence electrons. The van der Waals surface area contributed by atoms with Crippen LogP contribution in [0.3, 0.4) is 0 Å². The second kappa shape index (κ2) is 8.49. The molecular formula is C21H25N3O. The van der Waals surface area contributed by atoms with Gasteiger partial charge in [-0.15, -0.1) is 0 Å². The molecule has 3 rings (SSSR count). The van der Waals surface area contributed by atoms with Gasteiger partial charge in [0.25, 0.3) is 0 Å². The maximum atomic E-state index is 5.86. The first-order chi connectivity index (χ1) is 12.3. The Kier molecular flexibility index (Phi) is 5.86. The van der Waals surface area contributed by atoms with Gasteiger partial charge in [-0.25, -0.2) is 0 Å². The van der Waals surface area contributed by atoms with Gasteiger partial charge < -0.3 is 9.64 Å². The number of ether oxygens (including phenoxy) is 1. The normalized spacial score (nSPS) is 11.0. The molecule has 0 saturated carbocycles. The van der Waals surface area contributed by atoms with Crippen molar-refractivity contribution in [2.24, 2.45) is 0 Å². The Hall–Kier alpha value is -2.59. The van der Waals surface area contributed by atoms with E-state index in [0.717, 1.165) is 41.4 Å². The summed E-state index contributed by atoms with van der Waals surface area (Å²) in [6.45, 7) is 4.19. The Morgan fingerprint density at radius 1 is 1.00 bits per heavy atom. The maximum absolute atomic E-state index is 5.86. The number of aromatic nitrogens is 2. The average molecular weight is 335 g/mol. The van der Waals surface area contributed by atoms with E-state index in [1.54, 1.807) is 0 Å². The van der Waals surface area contributed by atoms with Crippen molar-refractivity contribution in [1.29, 1.82) is 0 Å². The van der Waals surface area contributed by atoms with Crippen molar-refractivity contribution in [3.63, 3.8) is 0 Å². The SMILES string of the molecule is CCCCN(C)Cc1[nH]ncc1-c1ccc(Oc2ccccc2)cc1. The molecule has 0 aliphatic carbocycles. The topological polar surface area (TPSA) is 41.2 Å². The Bertz CT molecular complexity index is 765. The molecule has 0 aliphatic rings. The van der Waals surface area contributed by atoms with Crippen molar-refractivity contribution in [3.05, 3.63) is 66.5 Å². The number of unbranched alkanes of at least 4 members (excludes halogenated alkanes) is 1.